The van der Waals surface area contributed by atoms with Gasteiger partial charge in [0.25, 0.3) is 0 Å². The molecule has 1 fully saturated rings. The first-order valence-corrected chi connectivity index (χ1v) is 6.81. The van der Waals surface area contributed by atoms with Crippen LogP contribution in [-0.2, 0) is 4.74 Å². The van der Waals surface area contributed by atoms with Crippen molar-refractivity contribution in [2.75, 3.05) is 29.9 Å². The van der Waals surface area contributed by atoms with Gasteiger partial charge in [0.05, 0.1) is 17.1 Å². The molecule has 110 valence electrons. The fourth-order valence-electron chi connectivity index (χ4n) is 2.45. The molecule has 1 saturated heterocycles. The van der Waals surface area contributed by atoms with E-state index in [2.05, 4.69) is 10.3 Å². The molecule has 2 atom stereocenters. The Balaban J connectivity index is 2.35. The van der Waals surface area contributed by atoms with E-state index in [0.29, 0.717) is 24.7 Å². The maximum Gasteiger partial charge on any atom is 0.311 e. The lowest BCUT2D eigenvalue weighted by molar-refractivity contribution is -0.384. The standard InChI is InChI=1S/C13H20N4O3/c1-4-14-12-6-5-11(17(18)19)13(15-12)16-7-9(2)20-10(3)8-16/h5-6,9-10H,4,7-8H2,1-3H3,(H,14,15). The molecule has 1 aromatic rings. The molecular formula is C13H20N4O3. The second-order valence-electron chi connectivity index (χ2n) is 4.99. The second kappa shape index (κ2) is 6.04. The second-order valence-corrected chi connectivity index (χ2v) is 4.99. The zero-order valence-electron chi connectivity index (χ0n) is 12.0. The number of ether oxygens (including phenoxy) is 1. The molecule has 1 aliphatic heterocycles. The fourth-order valence-corrected chi connectivity index (χ4v) is 2.45. The molecule has 0 radical (unpaired) electrons. The Hall–Kier alpha value is -1.89. The van der Waals surface area contributed by atoms with E-state index in [1.165, 1.54) is 6.07 Å². The van der Waals surface area contributed by atoms with Gasteiger partial charge in [-0.1, -0.05) is 0 Å². The highest BCUT2D eigenvalue weighted by Gasteiger charge is 2.28. The number of nitrogens with one attached hydrogen (secondary N) is 1. The SMILES string of the molecule is CCNc1ccc([N+](=O)[O-])c(N2CC(C)OC(C)C2)n1. The van der Waals surface area contributed by atoms with Gasteiger partial charge in [-0.15, -0.1) is 0 Å². The molecule has 7 nitrogen and oxygen atoms in total. The van der Waals surface area contributed by atoms with Gasteiger partial charge in [-0.2, -0.15) is 0 Å². The molecular weight excluding hydrogens is 260 g/mol. The third kappa shape index (κ3) is 3.16. The van der Waals surface area contributed by atoms with E-state index in [4.69, 9.17) is 4.74 Å². The fraction of sp³-hybridized carbons (Fsp3) is 0.615. The lowest BCUT2D eigenvalue weighted by Gasteiger charge is -2.35. The summed E-state index contributed by atoms with van der Waals surface area (Å²) in [7, 11) is 0. The van der Waals surface area contributed by atoms with Crippen LogP contribution in [0.25, 0.3) is 0 Å². The van der Waals surface area contributed by atoms with Crippen molar-refractivity contribution in [3.05, 3.63) is 22.2 Å². The summed E-state index contributed by atoms with van der Waals surface area (Å²) in [4.78, 5) is 17.1. The van der Waals surface area contributed by atoms with Crippen molar-refractivity contribution >= 4 is 17.3 Å². The van der Waals surface area contributed by atoms with Crippen LogP contribution >= 0.6 is 0 Å². The Morgan fingerprint density at radius 2 is 2.10 bits per heavy atom. The zero-order valence-corrected chi connectivity index (χ0v) is 12.0. The van der Waals surface area contributed by atoms with Gasteiger partial charge >= 0.3 is 5.69 Å². The first-order valence-electron chi connectivity index (χ1n) is 6.81. The summed E-state index contributed by atoms with van der Waals surface area (Å²) in [5.41, 5.74) is 0.0351. The molecule has 0 spiro atoms. The van der Waals surface area contributed by atoms with Crippen LogP contribution in [0, 0.1) is 10.1 Å². The number of morpholine rings is 1. The topological polar surface area (TPSA) is 80.5 Å². The summed E-state index contributed by atoms with van der Waals surface area (Å²) in [6, 6.07) is 3.14. The predicted molar refractivity (Wildman–Crippen MR) is 77.3 cm³/mol. The molecule has 1 N–H and O–H groups in total. The van der Waals surface area contributed by atoms with Crippen LogP contribution in [0.4, 0.5) is 17.3 Å². The predicted octanol–water partition coefficient (Wildman–Crippen LogP) is 2.04. The summed E-state index contributed by atoms with van der Waals surface area (Å²) >= 11 is 0. The Morgan fingerprint density at radius 3 is 2.65 bits per heavy atom. The minimum Gasteiger partial charge on any atom is -0.372 e. The zero-order chi connectivity index (χ0) is 14.7. The summed E-state index contributed by atoms with van der Waals surface area (Å²) in [6.45, 7) is 7.81. The Labute approximate surface area is 118 Å². The summed E-state index contributed by atoms with van der Waals surface area (Å²) in [5, 5.41) is 14.3. The van der Waals surface area contributed by atoms with Gasteiger partial charge in [0.2, 0.25) is 5.82 Å². The van der Waals surface area contributed by atoms with Crippen molar-refractivity contribution in [1.29, 1.82) is 0 Å². The van der Waals surface area contributed by atoms with Crippen LogP contribution in [0.2, 0.25) is 0 Å². The number of nitro groups is 1. The van der Waals surface area contributed by atoms with Crippen LogP contribution in [0.5, 0.6) is 0 Å². The van der Waals surface area contributed by atoms with Crippen molar-refractivity contribution in [1.82, 2.24) is 4.98 Å². The van der Waals surface area contributed by atoms with E-state index in [0.717, 1.165) is 6.54 Å². The molecule has 2 unspecified atom stereocenters. The van der Waals surface area contributed by atoms with Gasteiger partial charge in [-0.3, -0.25) is 10.1 Å². The van der Waals surface area contributed by atoms with Crippen molar-refractivity contribution in [3.8, 4) is 0 Å². The summed E-state index contributed by atoms with van der Waals surface area (Å²) < 4.78 is 5.66. The van der Waals surface area contributed by atoms with Crippen LogP contribution in [0.1, 0.15) is 20.8 Å². The number of nitrogens with zero attached hydrogens (tertiary/aromatic N) is 3. The highest BCUT2D eigenvalue weighted by atomic mass is 16.6. The highest BCUT2D eigenvalue weighted by Crippen LogP contribution is 2.29. The molecule has 7 heteroatoms. The largest absolute Gasteiger partial charge is 0.372 e. The van der Waals surface area contributed by atoms with Crippen LogP contribution in [-0.4, -0.2) is 41.7 Å². The quantitative estimate of drug-likeness (QED) is 0.671. The smallest absolute Gasteiger partial charge is 0.311 e. The van der Waals surface area contributed by atoms with Gasteiger partial charge in [-0.05, 0) is 26.8 Å². The number of aromatic nitrogens is 1. The third-order valence-electron chi connectivity index (χ3n) is 3.13. The maximum absolute atomic E-state index is 11.2. The minimum atomic E-state index is -0.386. The molecule has 0 bridgehead atoms. The van der Waals surface area contributed by atoms with Gasteiger partial charge in [0.1, 0.15) is 5.82 Å². The average Bonchev–Trinajstić information content (AvgIpc) is 2.37. The van der Waals surface area contributed by atoms with E-state index in [1.807, 2.05) is 25.7 Å². The highest BCUT2D eigenvalue weighted by molar-refractivity contribution is 5.62. The lowest BCUT2D eigenvalue weighted by Crippen LogP contribution is -2.46. The van der Waals surface area contributed by atoms with E-state index in [1.54, 1.807) is 6.07 Å². The van der Waals surface area contributed by atoms with Crippen molar-refractivity contribution in [2.24, 2.45) is 0 Å². The van der Waals surface area contributed by atoms with Crippen LogP contribution in [0.15, 0.2) is 12.1 Å². The third-order valence-corrected chi connectivity index (χ3v) is 3.13. The number of hydrogen-bond donors (Lipinski definition) is 1. The van der Waals surface area contributed by atoms with Gasteiger partial charge in [-0.25, -0.2) is 4.98 Å². The van der Waals surface area contributed by atoms with E-state index in [-0.39, 0.29) is 22.8 Å². The Bertz CT molecular complexity index is 485. The van der Waals surface area contributed by atoms with E-state index < -0.39 is 0 Å². The normalized spacial score (nSPS) is 22.6. The molecule has 2 rings (SSSR count). The van der Waals surface area contributed by atoms with Crippen molar-refractivity contribution in [2.45, 2.75) is 33.0 Å². The molecule has 0 aliphatic carbocycles. The first kappa shape index (κ1) is 14.5. The monoisotopic (exact) mass is 280 g/mol. The van der Waals surface area contributed by atoms with E-state index in [9.17, 15) is 10.1 Å². The van der Waals surface area contributed by atoms with Crippen LogP contribution < -0.4 is 10.2 Å². The minimum absolute atomic E-state index is 0.0305. The lowest BCUT2D eigenvalue weighted by atomic mass is 10.2. The number of hydrogen-bond acceptors (Lipinski definition) is 6. The molecule has 20 heavy (non-hydrogen) atoms. The molecule has 0 amide bonds. The molecule has 0 aromatic carbocycles. The van der Waals surface area contributed by atoms with Crippen molar-refractivity contribution < 1.29 is 9.66 Å². The summed E-state index contributed by atoms with van der Waals surface area (Å²) in [6.07, 6.45) is 0.0610. The number of rotatable bonds is 4. The number of pyridine rings is 1. The number of anilines is 2. The first-order chi connectivity index (χ1) is 9.51. The molecule has 0 saturated carbocycles. The van der Waals surface area contributed by atoms with Gasteiger partial charge < -0.3 is 15.0 Å². The maximum atomic E-state index is 11.2. The molecule has 1 aliphatic rings. The van der Waals surface area contributed by atoms with Crippen LogP contribution in [0.3, 0.4) is 0 Å². The summed E-state index contributed by atoms with van der Waals surface area (Å²) in [5.74, 6) is 1.07. The Kier molecular flexibility index (Phi) is 4.39. The molecule has 2 heterocycles. The average molecular weight is 280 g/mol. The van der Waals surface area contributed by atoms with Gasteiger partial charge in [0, 0.05) is 25.7 Å². The molecule has 1 aromatic heterocycles. The van der Waals surface area contributed by atoms with E-state index >= 15 is 0 Å². The Morgan fingerprint density at radius 1 is 1.45 bits per heavy atom. The van der Waals surface area contributed by atoms with Gasteiger partial charge in [0.15, 0.2) is 0 Å². The van der Waals surface area contributed by atoms with Crippen molar-refractivity contribution in [3.63, 3.8) is 0 Å².